The van der Waals surface area contributed by atoms with Crippen molar-refractivity contribution in [2.45, 2.75) is 0 Å². The Kier molecular flexibility index (Phi) is 4.08. The molecule has 0 aliphatic heterocycles. The second-order valence-corrected chi connectivity index (χ2v) is 3.27. The number of carbonyl (C=O) groups is 2. The Morgan fingerprint density at radius 1 is 1.38 bits per heavy atom. The topological polar surface area (TPSA) is 63.6 Å². The zero-order valence-electron chi connectivity index (χ0n) is 8.44. The Bertz CT molecular complexity index is 451. The summed E-state index contributed by atoms with van der Waals surface area (Å²) in [6, 6.07) is 6.41. The van der Waals surface area contributed by atoms with E-state index in [9.17, 15) is 14.7 Å². The van der Waals surface area contributed by atoms with E-state index in [1.165, 1.54) is 6.07 Å². The summed E-state index contributed by atoms with van der Waals surface area (Å²) in [5, 5.41) is 9.85. The van der Waals surface area contributed by atoms with E-state index in [0.29, 0.717) is 0 Å². The molecule has 0 aromatic heterocycles. The van der Waals surface area contributed by atoms with Crippen molar-refractivity contribution in [3.05, 3.63) is 40.9 Å². The second-order valence-electron chi connectivity index (χ2n) is 2.87. The Morgan fingerprint density at radius 3 is 2.56 bits per heavy atom. The molecule has 84 valence electrons. The molecule has 16 heavy (non-hydrogen) atoms. The van der Waals surface area contributed by atoms with Gasteiger partial charge in [0, 0.05) is 11.6 Å². The van der Waals surface area contributed by atoms with Crippen LogP contribution in [0.5, 0.6) is 0 Å². The molecule has 1 N–H and O–H groups in total. The number of halogens is 1. The molecule has 1 aromatic carbocycles. The fourth-order valence-electron chi connectivity index (χ4n) is 1.03. The highest BCUT2D eigenvalue weighted by atomic mass is 35.5. The van der Waals surface area contributed by atoms with Crippen LogP contribution in [0, 0.1) is 0 Å². The van der Waals surface area contributed by atoms with Gasteiger partial charge in [0.2, 0.25) is 0 Å². The van der Waals surface area contributed by atoms with Gasteiger partial charge in [-0.1, -0.05) is 23.7 Å². The highest BCUT2D eigenvalue weighted by Crippen LogP contribution is 2.21. The molecule has 0 aliphatic carbocycles. The molecular weight excluding hydrogens is 232 g/mol. The minimum Gasteiger partial charge on any atom is -0.507 e. The molecule has 0 spiro atoms. The van der Waals surface area contributed by atoms with E-state index in [1.54, 1.807) is 18.2 Å². The van der Waals surface area contributed by atoms with Crippen molar-refractivity contribution < 1.29 is 19.4 Å². The third kappa shape index (κ3) is 2.84. The largest absolute Gasteiger partial charge is 0.507 e. The number of aliphatic hydroxyl groups excluding tert-OH is 1. The van der Waals surface area contributed by atoms with Gasteiger partial charge >= 0.3 is 5.97 Å². The minimum atomic E-state index is -1.04. The molecule has 0 radical (unpaired) electrons. The quantitative estimate of drug-likeness (QED) is 0.380. The van der Waals surface area contributed by atoms with Crippen LogP contribution in [0.15, 0.2) is 30.3 Å². The van der Waals surface area contributed by atoms with Gasteiger partial charge in [-0.2, -0.15) is 0 Å². The Hall–Kier alpha value is -1.81. The molecule has 0 fully saturated rings. The van der Waals surface area contributed by atoms with E-state index in [4.69, 9.17) is 11.6 Å². The Morgan fingerprint density at radius 2 is 2.00 bits per heavy atom. The van der Waals surface area contributed by atoms with Crippen molar-refractivity contribution >= 4 is 29.1 Å². The third-order valence-corrected chi connectivity index (χ3v) is 2.13. The lowest BCUT2D eigenvalue weighted by Gasteiger charge is -2.01. The molecule has 4 nitrogen and oxygen atoms in total. The van der Waals surface area contributed by atoms with Crippen LogP contribution < -0.4 is 0 Å². The third-order valence-electron chi connectivity index (χ3n) is 1.80. The average molecular weight is 241 g/mol. The summed E-state index contributed by atoms with van der Waals surface area (Å²) in [5.41, 5.74) is 0.279. The maximum absolute atomic E-state index is 11.1. The first-order valence-electron chi connectivity index (χ1n) is 4.34. The van der Waals surface area contributed by atoms with Crippen molar-refractivity contribution in [2.75, 3.05) is 7.11 Å². The lowest BCUT2D eigenvalue weighted by molar-refractivity contribution is -0.149. The van der Waals surface area contributed by atoms with E-state index in [0.717, 1.165) is 13.2 Å². The lowest BCUT2D eigenvalue weighted by atomic mass is 10.1. The summed E-state index contributed by atoms with van der Waals surface area (Å²) in [4.78, 5) is 21.9. The van der Waals surface area contributed by atoms with Crippen LogP contribution in [0.2, 0.25) is 5.02 Å². The second kappa shape index (κ2) is 5.32. The summed E-state index contributed by atoms with van der Waals surface area (Å²) in [6.45, 7) is 0. The fraction of sp³-hybridized carbons (Fsp3) is 0.0909. The molecule has 1 aromatic rings. The highest BCUT2D eigenvalue weighted by molar-refractivity contribution is 6.39. The van der Waals surface area contributed by atoms with Gasteiger partial charge in [0.15, 0.2) is 0 Å². The number of hydrogen-bond donors (Lipinski definition) is 1. The molecule has 0 aliphatic rings. The van der Waals surface area contributed by atoms with Gasteiger partial charge in [-0.15, -0.1) is 0 Å². The normalized spacial score (nSPS) is 11.0. The summed E-state index contributed by atoms with van der Waals surface area (Å²) in [7, 11) is 1.08. The lowest BCUT2D eigenvalue weighted by Crippen LogP contribution is -2.13. The summed E-state index contributed by atoms with van der Waals surface area (Å²) in [5.74, 6) is -2.36. The van der Waals surface area contributed by atoms with E-state index in [2.05, 4.69) is 4.74 Å². The van der Waals surface area contributed by atoms with Crippen LogP contribution in [0.25, 0.3) is 5.76 Å². The van der Waals surface area contributed by atoms with Gasteiger partial charge < -0.3 is 9.84 Å². The van der Waals surface area contributed by atoms with Crippen LogP contribution in [0.4, 0.5) is 0 Å². The van der Waals surface area contributed by atoms with Gasteiger partial charge in [0.05, 0.1) is 12.1 Å². The number of esters is 1. The number of rotatable bonds is 3. The molecule has 0 atom stereocenters. The van der Waals surface area contributed by atoms with Gasteiger partial charge in [0.25, 0.3) is 5.78 Å². The molecular formula is C11H9ClO4. The highest BCUT2D eigenvalue weighted by Gasteiger charge is 2.13. The summed E-state index contributed by atoms with van der Waals surface area (Å²) >= 11 is 5.79. The smallest absolute Gasteiger partial charge is 0.378 e. The number of ketones is 1. The Balaban J connectivity index is 2.99. The number of ether oxygens (including phenoxy) is 1. The monoisotopic (exact) mass is 240 g/mol. The predicted molar refractivity (Wildman–Crippen MR) is 59.1 cm³/mol. The SMILES string of the molecule is COC(=O)C(=O)/C=C(\O)c1ccccc1Cl. The van der Waals surface area contributed by atoms with E-state index in [1.807, 2.05) is 0 Å². The van der Waals surface area contributed by atoms with Crippen LogP contribution in [-0.4, -0.2) is 24.0 Å². The summed E-state index contributed by atoms with van der Waals surface area (Å²) < 4.78 is 4.20. The molecule has 0 amide bonds. The molecule has 0 heterocycles. The molecule has 0 bridgehead atoms. The van der Waals surface area contributed by atoms with E-state index in [-0.39, 0.29) is 16.3 Å². The zero-order valence-corrected chi connectivity index (χ0v) is 9.19. The maximum atomic E-state index is 11.1. The summed E-state index contributed by atoms with van der Waals surface area (Å²) in [6.07, 6.45) is 0.771. The fourth-order valence-corrected chi connectivity index (χ4v) is 1.26. The average Bonchev–Trinajstić information content (AvgIpc) is 2.28. The van der Waals surface area contributed by atoms with E-state index < -0.39 is 11.8 Å². The first kappa shape index (κ1) is 12.3. The molecule has 0 unspecified atom stereocenters. The molecule has 5 heteroatoms. The molecule has 0 saturated carbocycles. The van der Waals surface area contributed by atoms with Crippen LogP contribution in [0.1, 0.15) is 5.56 Å². The van der Waals surface area contributed by atoms with Crippen LogP contribution in [0.3, 0.4) is 0 Å². The van der Waals surface area contributed by atoms with Crippen LogP contribution >= 0.6 is 11.6 Å². The predicted octanol–water partition coefficient (Wildman–Crippen LogP) is 1.98. The number of aliphatic hydroxyl groups is 1. The zero-order chi connectivity index (χ0) is 12.1. The van der Waals surface area contributed by atoms with Crippen LogP contribution in [-0.2, 0) is 14.3 Å². The standard InChI is InChI=1S/C11H9ClO4/c1-16-11(15)10(14)6-9(13)7-4-2-3-5-8(7)12/h2-6,13H,1H3/b9-6-. The minimum absolute atomic E-state index is 0.279. The number of methoxy groups -OCH3 is 1. The van der Waals surface area contributed by atoms with Crippen molar-refractivity contribution in [2.24, 2.45) is 0 Å². The van der Waals surface area contributed by atoms with E-state index >= 15 is 0 Å². The molecule has 0 saturated heterocycles. The van der Waals surface area contributed by atoms with Crippen molar-refractivity contribution in [3.63, 3.8) is 0 Å². The maximum Gasteiger partial charge on any atom is 0.378 e. The van der Waals surface area contributed by atoms with Gasteiger partial charge in [0.1, 0.15) is 5.76 Å². The van der Waals surface area contributed by atoms with Crippen molar-refractivity contribution in [1.29, 1.82) is 0 Å². The van der Waals surface area contributed by atoms with Gasteiger partial charge in [-0.3, -0.25) is 4.79 Å². The first-order chi connectivity index (χ1) is 7.56. The van der Waals surface area contributed by atoms with Crippen molar-refractivity contribution in [3.8, 4) is 0 Å². The first-order valence-corrected chi connectivity index (χ1v) is 4.72. The Labute approximate surface area is 97.1 Å². The van der Waals surface area contributed by atoms with Gasteiger partial charge in [-0.05, 0) is 12.1 Å². The number of hydrogen-bond acceptors (Lipinski definition) is 4. The van der Waals surface area contributed by atoms with Gasteiger partial charge in [-0.25, -0.2) is 4.79 Å². The molecule has 1 rings (SSSR count). The number of benzene rings is 1. The van der Waals surface area contributed by atoms with Crippen molar-refractivity contribution in [1.82, 2.24) is 0 Å². The number of carbonyl (C=O) groups excluding carboxylic acids is 2.